The summed E-state index contributed by atoms with van der Waals surface area (Å²) in [7, 11) is 1.90. The zero-order chi connectivity index (χ0) is 12.8. The Kier molecular flexibility index (Phi) is 4.31. The Balaban J connectivity index is 2.02. The van der Waals surface area contributed by atoms with Crippen molar-refractivity contribution in [3.8, 4) is 5.75 Å². The van der Waals surface area contributed by atoms with E-state index >= 15 is 0 Å². The molecule has 2 aromatic rings. The normalized spacial score (nSPS) is 10.3. The maximum atomic E-state index is 13.4. The van der Waals surface area contributed by atoms with E-state index in [0.717, 1.165) is 17.9 Å². The van der Waals surface area contributed by atoms with Crippen molar-refractivity contribution in [1.82, 2.24) is 5.32 Å². The van der Waals surface area contributed by atoms with Crippen LogP contribution in [-0.4, -0.2) is 7.05 Å². The van der Waals surface area contributed by atoms with Crippen LogP contribution in [0, 0.1) is 5.82 Å². The molecule has 0 spiro atoms. The lowest BCUT2D eigenvalue weighted by molar-refractivity contribution is 0.299. The third kappa shape index (κ3) is 3.31. The Morgan fingerprint density at radius 1 is 1.11 bits per heavy atom. The molecule has 0 heterocycles. The van der Waals surface area contributed by atoms with Crippen molar-refractivity contribution in [2.45, 2.75) is 13.2 Å². The van der Waals surface area contributed by atoms with Gasteiger partial charge in [0.25, 0.3) is 0 Å². The minimum Gasteiger partial charge on any atom is -0.489 e. The van der Waals surface area contributed by atoms with Gasteiger partial charge in [0, 0.05) is 12.1 Å². The van der Waals surface area contributed by atoms with Gasteiger partial charge in [-0.05, 0) is 30.8 Å². The molecule has 0 unspecified atom stereocenters. The van der Waals surface area contributed by atoms with Crippen LogP contribution >= 0.6 is 0 Å². The molecule has 18 heavy (non-hydrogen) atoms. The van der Waals surface area contributed by atoms with E-state index in [0.29, 0.717) is 5.56 Å². The topological polar surface area (TPSA) is 21.3 Å². The van der Waals surface area contributed by atoms with Crippen molar-refractivity contribution in [1.29, 1.82) is 0 Å². The summed E-state index contributed by atoms with van der Waals surface area (Å²) in [6.45, 7) is 1.03. The van der Waals surface area contributed by atoms with Crippen LogP contribution in [0.15, 0.2) is 48.5 Å². The van der Waals surface area contributed by atoms with Gasteiger partial charge in [0.15, 0.2) is 0 Å². The van der Waals surface area contributed by atoms with E-state index in [1.165, 1.54) is 6.07 Å². The Hall–Kier alpha value is -1.87. The lowest BCUT2D eigenvalue weighted by atomic mass is 10.2. The largest absolute Gasteiger partial charge is 0.489 e. The van der Waals surface area contributed by atoms with E-state index < -0.39 is 0 Å². The molecule has 94 valence electrons. The maximum absolute atomic E-state index is 13.4. The summed E-state index contributed by atoms with van der Waals surface area (Å²) in [6, 6.07) is 14.4. The highest BCUT2D eigenvalue weighted by Crippen LogP contribution is 2.16. The number of benzene rings is 2. The third-order valence-corrected chi connectivity index (χ3v) is 2.63. The molecule has 2 aromatic carbocycles. The SMILES string of the molecule is CNCc1cccc(OCc2ccccc2F)c1. The molecule has 0 aliphatic rings. The molecule has 3 heteroatoms. The number of hydrogen-bond donors (Lipinski definition) is 1. The number of halogens is 1. The molecular weight excluding hydrogens is 229 g/mol. The third-order valence-electron chi connectivity index (χ3n) is 2.63. The highest BCUT2D eigenvalue weighted by molar-refractivity contribution is 5.29. The summed E-state index contributed by atoms with van der Waals surface area (Å²) in [4.78, 5) is 0. The highest BCUT2D eigenvalue weighted by Gasteiger charge is 2.02. The summed E-state index contributed by atoms with van der Waals surface area (Å²) in [5.74, 6) is 0.523. The predicted molar refractivity (Wildman–Crippen MR) is 69.9 cm³/mol. The standard InChI is InChI=1S/C15H16FNO/c1-17-10-12-5-4-7-14(9-12)18-11-13-6-2-3-8-15(13)16/h2-9,17H,10-11H2,1H3. The molecule has 1 N–H and O–H groups in total. The van der Waals surface area contributed by atoms with Crippen LogP contribution in [-0.2, 0) is 13.2 Å². The molecule has 2 nitrogen and oxygen atoms in total. The first-order valence-corrected chi connectivity index (χ1v) is 5.89. The van der Waals surface area contributed by atoms with Gasteiger partial charge in [-0.3, -0.25) is 0 Å². The Bertz CT molecular complexity index is 513. The minimum absolute atomic E-state index is 0.233. The van der Waals surface area contributed by atoms with E-state index in [2.05, 4.69) is 5.32 Å². The fourth-order valence-corrected chi connectivity index (χ4v) is 1.73. The summed E-state index contributed by atoms with van der Waals surface area (Å²) in [5, 5.41) is 3.08. The second kappa shape index (κ2) is 6.17. The first-order valence-electron chi connectivity index (χ1n) is 5.89. The molecule has 2 rings (SSSR count). The minimum atomic E-state index is -0.233. The van der Waals surface area contributed by atoms with Crippen LogP contribution in [0.25, 0.3) is 0 Å². The van der Waals surface area contributed by atoms with Gasteiger partial charge in [0.05, 0.1) is 0 Å². The Labute approximate surface area is 106 Å². The van der Waals surface area contributed by atoms with Gasteiger partial charge in [-0.1, -0.05) is 30.3 Å². The van der Waals surface area contributed by atoms with Crippen molar-refractivity contribution >= 4 is 0 Å². The molecule has 0 atom stereocenters. The lowest BCUT2D eigenvalue weighted by Gasteiger charge is -2.08. The van der Waals surface area contributed by atoms with Crippen molar-refractivity contribution < 1.29 is 9.13 Å². The molecule has 0 bridgehead atoms. The zero-order valence-corrected chi connectivity index (χ0v) is 10.3. The van der Waals surface area contributed by atoms with Gasteiger partial charge >= 0.3 is 0 Å². The van der Waals surface area contributed by atoms with Crippen LogP contribution < -0.4 is 10.1 Å². The fourth-order valence-electron chi connectivity index (χ4n) is 1.73. The van der Waals surface area contributed by atoms with E-state index in [9.17, 15) is 4.39 Å². The zero-order valence-electron chi connectivity index (χ0n) is 10.3. The van der Waals surface area contributed by atoms with Crippen LogP contribution in [0.2, 0.25) is 0 Å². The van der Waals surface area contributed by atoms with Crippen molar-refractivity contribution in [2.75, 3.05) is 7.05 Å². The highest BCUT2D eigenvalue weighted by atomic mass is 19.1. The van der Waals surface area contributed by atoms with E-state index in [4.69, 9.17) is 4.74 Å². The first kappa shape index (κ1) is 12.6. The first-order chi connectivity index (χ1) is 8.79. The number of nitrogens with one attached hydrogen (secondary N) is 1. The molecular formula is C15H16FNO. The molecule has 0 aromatic heterocycles. The quantitative estimate of drug-likeness (QED) is 0.873. The summed E-state index contributed by atoms with van der Waals surface area (Å²) in [6.07, 6.45) is 0. The molecule has 0 aliphatic carbocycles. The van der Waals surface area contributed by atoms with E-state index in [1.54, 1.807) is 18.2 Å². The number of ether oxygens (including phenoxy) is 1. The predicted octanol–water partition coefficient (Wildman–Crippen LogP) is 3.12. The second-order valence-corrected chi connectivity index (χ2v) is 4.06. The second-order valence-electron chi connectivity index (χ2n) is 4.06. The Morgan fingerprint density at radius 2 is 1.94 bits per heavy atom. The van der Waals surface area contributed by atoms with Gasteiger partial charge in [-0.15, -0.1) is 0 Å². The van der Waals surface area contributed by atoms with Crippen molar-refractivity contribution in [3.05, 3.63) is 65.5 Å². The number of hydrogen-bond acceptors (Lipinski definition) is 2. The van der Waals surface area contributed by atoms with E-state index in [1.807, 2.05) is 31.3 Å². The van der Waals surface area contributed by atoms with E-state index in [-0.39, 0.29) is 12.4 Å². The average Bonchev–Trinajstić information content (AvgIpc) is 2.39. The maximum Gasteiger partial charge on any atom is 0.129 e. The van der Waals surface area contributed by atoms with Crippen LogP contribution in [0.1, 0.15) is 11.1 Å². The summed E-state index contributed by atoms with van der Waals surface area (Å²) >= 11 is 0. The summed E-state index contributed by atoms with van der Waals surface area (Å²) < 4.78 is 19.0. The van der Waals surface area contributed by atoms with Gasteiger partial charge in [0.2, 0.25) is 0 Å². The van der Waals surface area contributed by atoms with Crippen LogP contribution in [0.5, 0.6) is 5.75 Å². The molecule has 0 radical (unpaired) electrons. The average molecular weight is 245 g/mol. The molecule has 0 saturated heterocycles. The molecule has 0 aliphatic heterocycles. The summed E-state index contributed by atoms with van der Waals surface area (Å²) in [5.41, 5.74) is 1.71. The molecule has 0 fully saturated rings. The fraction of sp³-hybridized carbons (Fsp3) is 0.200. The van der Waals surface area contributed by atoms with Gasteiger partial charge in [-0.2, -0.15) is 0 Å². The number of rotatable bonds is 5. The monoisotopic (exact) mass is 245 g/mol. The van der Waals surface area contributed by atoms with Gasteiger partial charge < -0.3 is 10.1 Å². The van der Waals surface area contributed by atoms with Crippen LogP contribution in [0.3, 0.4) is 0 Å². The molecule has 0 saturated carbocycles. The van der Waals surface area contributed by atoms with Gasteiger partial charge in [-0.25, -0.2) is 4.39 Å². The lowest BCUT2D eigenvalue weighted by Crippen LogP contribution is -2.05. The molecule has 0 amide bonds. The van der Waals surface area contributed by atoms with Crippen molar-refractivity contribution in [3.63, 3.8) is 0 Å². The Morgan fingerprint density at radius 3 is 2.72 bits per heavy atom. The van der Waals surface area contributed by atoms with Crippen LogP contribution in [0.4, 0.5) is 4.39 Å². The van der Waals surface area contributed by atoms with Gasteiger partial charge in [0.1, 0.15) is 18.2 Å². The smallest absolute Gasteiger partial charge is 0.129 e. The van der Waals surface area contributed by atoms with Crippen molar-refractivity contribution in [2.24, 2.45) is 0 Å².